The summed E-state index contributed by atoms with van der Waals surface area (Å²) in [5.41, 5.74) is 3.36. The second kappa shape index (κ2) is 15.5. The van der Waals surface area contributed by atoms with Gasteiger partial charge in [0.25, 0.3) is 5.69 Å². The summed E-state index contributed by atoms with van der Waals surface area (Å²) in [5.74, 6) is 0. The minimum atomic E-state index is -0.358. The predicted octanol–water partition coefficient (Wildman–Crippen LogP) is -0.175. The lowest BCUT2D eigenvalue weighted by molar-refractivity contribution is -0.384. The molecule has 3 fully saturated rings. The number of nitrogens with zero attached hydrogens (tertiary/aromatic N) is 1. The second-order valence-electron chi connectivity index (χ2n) is 11.2. The fraction of sp³-hybridized carbons (Fsp3) is 0.586. The van der Waals surface area contributed by atoms with Crippen LogP contribution in [-0.4, -0.2) is 94.5 Å². The molecule has 0 radical (unpaired) electrons. The van der Waals surface area contributed by atoms with Crippen LogP contribution in [0.1, 0.15) is 16.7 Å². The second-order valence-corrected chi connectivity index (χ2v) is 11.2. The van der Waals surface area contributed by atoms with Crippen molar-refractivity contribution < 1.29 is 4.92 Å². The van der Waals surface area contributed by atoms with E-state index in [1.807, 2.05) is 12.1 Å². The maximum absolute atomic E-state index is 11.0. The Morgan fingerprint density at radius 1 is 0.625 bits per heavy atom. The number of non-ortho nitro benzene ring substituents is 1. The molecular weight excluding hydrogens is 506 g/mol. The largest absolute Gasteiger partial charge is 0.314 e. The van der Waals surface area contributed by atoms with Gasteiger partial charge in [-0.3, -0.25) is 10.1 Å². The highest BCUT2D eigenvalue weighted by atomic mass is 16.6. The molecule has 0 atom stereocenters. The summed E-state index contributed by atoms with van der Waals surface area (Å²) in [5, 5.41) is 40.9. The van der Waals surface area contributed by atoms with Crippen molar-refractivity contribution in [3.8, 4) is 0 Å². The normalized spacial score (nSPS) is 25.6. The molecule has 0 aromatic heterocycles. The van der Waals surface area contributed by atoms with E-state index in [-0.39, 0.29) is 21.7 Å². The molecule has 2 aromatic rings. The average molecular weight is 554 g/mol. The molecule has 0 saturated carbocycles. The molecule has 220 valence electrons. The predicted molar refractivity (Wildman–Crippen MR) is 161 cm³/mol. The number of benzene rings is 2. The molecule has 3 aliphatic heterocycles. The molecule has 11 nitrogen and oxygen atoms in total. The molecule has 2 bridgehead atoms. The number of rotatable bonds is 7. The van der Waals surface area contributed by atoms with Crippen LogP contribution in [0.2, 0.25) is 0 Å². The van der Waals surface area contributed by atoms with Gasteiger partial charge in [0.15, 0.2) is 0 Å². The molecule has 0 amide bonds. The van der Waals surface area contributed by atoms with Crippen LogP contribution in [0, 0.1) is 17.0 Å². The Hall–Kier alpha value is -2.48. The minimum absolute atomic E-state index is 0.116. The van der Waals surface area contributed by atoms with E-state index >= 15 is 0 Å². The monoisotopic (exact) mass is 553 g/mol. The van der Waals surface area contributed by atoms with Crippen molar-refractivity contribution in [3.05, 3.63) is 75.3 Å². The quantitative estimate of drug-likeness (QED) is 0.172. The summed E-state index contributed by atoms with van der Waals surface area (Å²) in [7, 11) is 0. The van der Waals surface area contributed by atoms with Crippen LogP contribution in [0.25, 0.3) is 0 Å². The molecule has 3 saturated heterocycles. The molecule has 5 rings (SSSR count). The third kappa shape index (κ3) is 9.57. The summed E-state index contributed by atoms with van der Waals surface area (Å²) in [6.45, 7) is 13.7. The summed E-state index contributed by atoms with van der Waals surface area (Å²) in [4.78, 5) is 10.7. The summed E-state index contributed by atoms with van der Waals surface area (Å²) in [6.07, 6.45) is 0. The first kappa shape index (κ1) is 30.5. The zero-order valence-electron chi connectivity index (χ0n) is 23.8. The van der Waals surface area contributed by atoms with Gasteiger partial charge in [-0.15, -0.1) is 0 Å². The van der Waals surface area contributed by atoms with Crippen molar-refractivity contribution in [1.29, 1.82) is 0 Å². The van der Waals surface area contributed by atoms with Gasteiger partial charge in [0.05, 0.1) is 16.0 Å². The van der Waals surface area contributed by atoms with E-state index in [1.165, 1.54) is 11.1 Å². The van der Waals surface area contributed by atoms with Crippen molar-refractivity contribution in [1.82, 2.24) is 42.5 Å². The van der Waals surface area contributed by atoms with Gasteiger partial charge in [0, 0.05) is 104 Å². The van der Waals surface area contributed by atoms with Crippen LogP contribution in [0.3, 0.4) is 0 Å². The van der Waals surface area contributed by atoms with Crippen LogP contribution in [-0.2, 0) is 13.1 Å². The highest BCUT2D eigenvalue weighted by Gasteiger charge is 2.31. The zero-order valence-corrected chi connectivity index (χ0v) is 23.8. The molecule has 3 aliphatic rings. The number of nitro groups is 1. The molecule has 0 spiro atoms. The zero-order chi connectivity index (χ0) is 28.1. The average Bonchev–Trinajstić information content (AvgIpc) is 2.96. The molecule has 11 heteroatoms. The van der Waals surface area contributed by atoms with E-state index < -0.39 is 0 Å². The minimum Gasteiger partial charge on any atom is -0.314 e. The fourth-order valence-corrected chi connectivity index (χ4v) is 5.27. The van der Waals surface area contributed by atoms with E-state index in [0.717, 1.165) is 90.6 Å². The fourth-order valence-electron chi connectivity index (χ4n) is 5.27. The van der Waals surface area contributed by atoms with Crippen molar-refractivity contribution in [2.45, 2.75) is 31.1 Å². The lowest BCUT2D eigenvalue weighted by Crippen LogP contribution is -2.66. The number of fused-ring (bicyclic) bond motifs is 15. The lowest BCUT2D eigenvalue weighted by Gasteiger charge is -2.39. The van der Waals surface area contributed by atoms with Gasteiger partial charge in [-0.2, -0.15) is 0 Å². The highest BCUT2D eigenvalue weighted by molar-refractivity contribution is 5.33. The molecular formula is C29H47N9O2. The van der Waals surface area contributed by atoms with Crippen molar-refractivity contribution in [2.24, 2.45) is 0 Å². The Labute approximate surface area is 238 Å². The number of nitro benzene ring substituents is 1. The van der Waals surface area contributed by atoms with Crippen molar-refractivity contribution in [3.63, 3.8) is 0 Å². The van der Waals surface area contributed by atoms with E-state index in [1.54, 1.807) is 12.1 Å². The first-order chi connectivity index (χ1) is 19.5. The maximum Gasteiger partial charge on any atom is 0.269 e. The van der Waals surface area contributed by atoms with E-state index in [2.05, 4.69) is 73.7 Å². The summed E-state index contributed by atoms with van der Waals surface area (Å²) in [6, 6.07) is 15.6. The van der Waals surface area contributed by atoms with Gasteiger partial charge in [-0.25, -0.2) is 0 Å². The first-order valence-electron chi connectivity index (χ1n) is 14.5. The Balaban J connectivity index is 1.42. The van der Waals surface area contributed by atoms with E-state index in [9.17, 15) is 10.1 Å². The van der Waals surface area contributed by atoms with Crippen LogP contribution < -0.4 is 42.5 Å². The topological polar surface area (TPSA) is 139 Å². The van der Waals surface area contributed by atoms with Gasteiger partial charge in [-0.1, -0.05) is 42.0 Å². The Morgan fingerprint density at radius 3 is 1.27 bits per heavy atom. The number of aryl methyl sites for hydroxylation is 1. The Bertz CT molecular complexity index is 989. The molecule has 40 heavy (non-hydrogen) atoms. The van der Waals surface area contributed by atoms with Crippen LogP contribution in [0.4, 0.5) is 5.69 Å². The standard InChI is InChI=1S/C29H47N9O2/c1-24-2-4-25(5-3-24)16-36-28-18-30-10-13-33-21-29(22-34-14-11-31-19-28,23-35-15-12-32-20-28)37-17-26-6-8-27(9-7-26)38(39)40/h2-9,30-37H,10-23H2,1H3. The Morgan fingerprint density at radius 2 is 0.950 bits per heavy atom. The lowest BCUT2D eigenvalue weighted by atomic mass is 9.96. The summed E-state index contributed by atoms with van der Waals surface area (Å²) < 4.78 is 0. The van der Waals surface area contributed by atoms with Gasteiger partial charge in [0.2, 0.25) is 0 Å². The Kier molecular flexibility index (Phi) is 11.8. The molecule has 8 N–H and O–H groups in total. The molecule has 0 aliphatic carbocycles. The first-order valence-corrected chi connectivity index (χ1v) is 14.5. The van der Waals surface area contributed by atoms with Crippen LogP contribution >= 0.6 is 0 Å². The smallest absolute Gasteiger partial charge is 0.269 e. The summed E-state index contributed by atoms with van der Waals surface area (Å²) >= 11 is 0. The van der Waals surface area contributed by atoms with Gasteiger partial charge < -0.3 is 42.5 Å². The number of nitrogens with one attached hydrogen (secondary N) is 8. The molecule has 0 unspecified atom stereocenters. The number of hydrogen-bond acceptors (Lipinski definition) is 10. The van der Waals surface area contributed by atoms with Crippen LogP contribution in [0.15, 0.2) is 48.5 Å². The van der Waals surface area contributed by atoms with Crippen molar-refractivity contribution in [2.75, 3.05) is 78.5 Å². The van der Waals surface area contributed by atoms with E-state index in [4.69, 9.17) is 0 Å². The molecule has 3 heterocycles. The van der Waals surface area contributed by atoms with Gasteiger partial charge in [-0.05, 0) is 18.1 Å². The van der Waals surface area contributed by atoms with Gasteiger partial charge >= 0.3 is 0 Å². The van der Waals surface area contributed by atoms with E-state index in [0.29, 0.717) is 6.54 Å². The molecule has 2 aromatic carbocycles. The third-order valence-corrected chi connectivity index (χ3v) is 7.82. The SMILES string of the molecule is Cc1ccc(CNC23CNCCNCC(NCc4ccc([N+](=O)[O-])cc4)(CNCCNC2)CNCCNC3)cc1. The van der Waals surface area contributed by atoms with Crippen LogP contribution in [0.5, 0.6) is 0 Å². The highest BCUT2D eigenvalue weighted by Crippen LogP contribution is 2.13. The third-order valence-electron chi connectivity index (χ3n) is 7.82. The van der Waals surface area contributed by atoms with Gasteiger partial charge in [0.1, 0.15) is 0 Å². The maximum atomic E-state index is 11.0. The number of hydrogen-bond donors (Lipinski definition) is 8. The van der Waals surface area contributed by atoms with Crippen molar-refractivity contribution >= 4 is 5.69 Å².